The number of H-pyrrole nitrogens is 2. The van der Waals surface area contributed by atoms with Gasteiger partial charge in [-0.3, -0.25) is 9.59 Å². The summed E-state index contributed by atoms with van der Waals surface area (Å²) in [6.07, 6.45) is 0. The number of nitrogens with one attached hydrogen (secondary N) is 3. The zero-order valence-electron chi connectivity index (χ0n) is 14.6. The Bertz CT molecular complexity index is 1160. The number of aromatic carboxylic acids is 1. The highest BCUT2D eigenvalue weighted by molar-refractivity contribution is 6.10. The van der Waals surface area contributed by atoms with Crippen LogP contribution >= 0.6 is 0 Å². The monoisotopic (exact) mass is 381 g/mol. The average Bonchev–Trinajstić information content (AvgIpc) is 3.01. The van der Waals surface area contributed by atoms with Gasteiger partial charge in [-0.2, -0.15) is 10.2 Å². The molecule has 0 aliphatic rings. The number of anilines is 1. The third kappa shape index (κ3) is 4.01. The summed E-state index contributed by atoms with van der Waals surface area (Å²) in [5.41, 5.74) is 0.942. The first-order valence-corrected chi connectivity index (χ1v) is 8.11. The summed E-state index contributed by atoms with van der Waals surface area (Å²) in [4.78, 5) is 51.9. The van der Waals surface area contributed by atoms with E-state index in [-0.39, 0.29) is 16.9 Å². The van der Waals surface area contributed by atoms with E-state index in [0.29, 0.717) is 16.7 Å². The number of carboxylic acid groups (broad SMARTS) is 1. The first kappa shape index (κ1) is 18.7. The summed E-state index contributed by atoms with van der Waals surface area (Å²) in [6.45, 7) is 1.18. The number of imidazole rings is 1. The van der Waals surface area contributed by atoms with E-state index in [1.165, 1.54) is 31.2 Å². The number of hydrogen-bond donors (Lipinski definition) is 4. The van der Waals surface area contributed by atoms with E-state index in [2.05, 4.69) is 25.5 Å². The topological polar surface area (TPSA) is 157 Å². The van der Waals surface area contributed by atoms with Crippen molar-refractivity contribution in [3.8, 4) is 0 Å². The Morgan fingerprint density at radius 3 is 2.50 bits per heavy atom. The SMILES string of the molecule is CC(=O)[C@@H](N=Nc1ccccc1C(=O)O)C(=O)Nc1ccc2[nH]c(=O)[nH]c2c1. The number of nitrogens with zero attached hydrogens (tertiary/aromatic N) is 2. The Morgan fingerprint density at radius 1 is 1.07 bits per heavy atom. The Balaban J connectivity index is 1.83. The number of benzene rings is 2. The van der Waals surface area contributed by atoms with E-state index in [1.807, 2.05) is 0 Å². The molecule has 1 heterocycles. The molecule has 0 fully saturated rings. The standard InChI is InChI=1S/C18H15N5O5/c1-9(24)15(23-22-12-5-3-2-4-11(12)17(26)27)16(25)19-10-6-7-13-14(8-10)21-18(28)20-13/h2-8,15H,1H3,(H,19,25)(H,26,27)(H2,20,21,28)/t15-/m1/s1. The van der Waals surface area contributed by atoms with Crippen LogP contribution in [0, 0.1) is 0 Å². The lowest BCUT2D eigenvalue weighted by Gasteiger charge is -2.09. The molecule has 3 rings (SSSR count). The molecular formula is C18H15N5O5. The zero-order chi connectivity index (χ0) is 20.3. The number of hydrogen-bond acceptors (Lipinski definition) is 6. The minimum atomic E-state index is -1.46. The van der Waals surface area contributed by atoms with Gasteiger partial charge in [0.25, 0.3) is 5.91 Å². The summed E-state index contributed by atoms with van der Waals surface area (Å²) in [5.74, 6) is -2.50. The Hall–Kier alpha value is -4.08. The highest BCUT2D eigenvalue weighted by Gasteiger charge is 2.23. The van der Waals surface area contributed by atoms with Gasteiger partial charge < -0.3 is 20.4 Å². The van der Waals surface area contributed by atoms with E-state index in [1.54, 1.807) is 18.2 Å². The van der Waals surface area contributed by atoms with Gasteiger partial charge >= 0.3 is 11.7 Å². The molecule has 0 unspecified atom stereocenters. The molecule has 0 aliphatic carbocycles. The van der Waals surface area contributed by atoms with Crippen LogP contribution in [0.4, 0.5) is 11.4 Å². The second-order valence-electron chi connectivity index (χ2n) is 5.88. The summed E-state index contributed by atoms with van der Waals surface area (Å²) >= 11 is 0. The number of amides is 1. The maximum absolute atomic E-state index is 12.5. The summed E-state index contributed by atoms with van der Waals surface area (Å²) in [5, 5.41) is 19.2. The van der Waals surface area contributed by atoms with E-state index in [4.69, 9.17) is 5.11 Å². The van der Waals surface area contributed by atoms with Crippen LogP contribution in [0.5, 0.6) is 0 Å². The molecule has 142 valence electrons. The molecule has 1 amide bonds. The fourth-order valence-electron chi connectivity index (χ4n) is 2.50. The minimum Gasteiger partial charge on any atom is -0.478 e. The second kappa shape index (κ2) is 7.66. The molecule has 28 heavy (non-hydrogen) atoms. The number of carbonyl (C=O) groups excluding carboxylic acids is 2. The summed E-state index contributed by atoms with van der Waals surface area (Å²) in [7, 11) is 0. The summed E-state index contributed by atoms with van der Waals surface area (Å²) in [6, 6.07) is 9.07. The largest absolute Gasteiger partial charge is 0.478 e. The number of Topliss-reactive ketones (excluding diaryl/α,β-unsaturated/α-hetero) is 1. The van der Waals surface area contributed by atoms with Crippen molar-refractivity contribution in [3.05, 3.63) is 58.5 Å². The van der Waals surface area contributed by atoms with E-state index >= 15 is 0 Å². The fourth-order valence-corrected chi connectivity index (χ4v) is 2.50. The van der Waals surface area contributed by atoms with Gasteiger partial charge in [0, 0.05) is 5.69 Å². The first-order chi connectivity index (χ1) is 13.3. The molecule has 10 nitrogen and oxygen atoms in total. The van der Waals surface area contributed by atoms with Crippen LogP contribution in [0.2, 0.25) is 0 Å². The van der Waals surface area contributed by atoms with Crippen molar-refractivity contribution >= 4 is 40.1 Å². The highest BCUT2D eigenvalue weighted by atomic mass is 16.4. The molecule has 1 aromatic heterocycles. The number of aromatic nitrogens is 2. The van der Waals surface area contributed by atoms with Crippen LogP contribution < -0.4 is 11.0 Å². The minimum absolute atomic E-state index is 0.0281. The summed E-state index contributed by atoms with van der Waals surface area (Å²) < 4.78 is 0. The smallest absolute Gasteiger partial charge is 0.337 e. The fraction of sp³-hybridized carbons (Fsp3) is 0.111. The molecule has 3 aromatic rings. The normalized spacial score (nSPS) is 12.2. The van der Waals surface area contributed by atoms with Crippen molar-refractivity contribution in [2.75, 3.05) is 5.32 Å². The molecule has 2 aromatic carbocycles. The number of fused-ring (bicyclic) bond motifs is 1. The van der Waals surface area contributed by atoms with Crippen molar-refractivity contribution in [2.24, 2.45) is 10.2 Å². The van der Waals surface area contributed by atoms with Crippen molar-refractivity contribution in [3.63, 3.8) is 0 Å². The lowest BCUT2D eigenvalue weighted by Crippen LogP contribution is -2.31. The maximum Gasteiger partial charge on any atom is 0.337 e. The Morgan fingerprint density at radius 2 is 1.79 bits per heavy atom. The average molecular weight is 381 g/mol. The molecule has 0 bridgehead atoms. The van der Waals surface area contributed by atoms with Gasteiger partial charge in [-0.05, 0) is 37.3 Å². The molecule has 0 radical (unpaired) electrons. The molecule has 0 saturated heterocycles. The predicted octanol–water partition coefficient (Wildman–Crippen LogP) is 2.23. The van der Waals surface area contributed by atoms with Gasteiger partial charge in [0.1, 0.15) is 0 Å². The third-order valence-corrected chi connectivity index (χ3v) is 3.83. The molecule has 0 saturated carbocycles. The molecular weight excluding hydrogens is 366 g/mol. The van der Waals surface area contributed by atoms with Crippen molar-refractivity contribution in [2.45, 2.75) is 13.0 Å². The van der Waals surface area contributed by atoms with Crippen LogP contribution in [0.25, 0.3) is 11.0 Å². The van der Waals surface area contributed by atoms with Crippen LogP contribution in [-0.2, 0) is 9.59 Å². The van der Waals surface area contributed by atoms with Crippen molar-refractivity contribution in [1.29, 1.82) is 0 Å². The Kier molecular flexibility index (Phi) is 5.12. The predicted molar refractivity (Wildman–Crippen MR) is 99.9 cm³/mol. The zero-order valence-corrected chi connectivity index (χ0v) is 14.6. The van der Waals surface area contributed by atoms with Gasteiger partial charge in [0.2, 0.25) is 6.04 Å². The highest BCUT2D eigenvalue weighted by Crippen LogP contribution is 2.20. The van der Waals surface area contributed by atoms with E-state index < -0.39 is 23.7 Å². The lowest BCUT2D eigenvalue weighted by molar-refractivity contribution is -0.126. The van der Waals surface area contributed by atoms with Gasteiger partial charge in [-0.15, -0.1) is 0 Å². The number of aromatic amines is 2. The first-order valence-electron chi connectivity index (χ1n) is 8.11. The quantitative estimate of drug-likeness (QED) is 0.380. The third-order valence-electron chi connectivity index (χ3n) is 3.83. The number of azo groups is 1. The van der Waals surface area contributed by atoms with E-state index in [0.717, 1.165) is 0 Å². The van der Waals surface area contributed by atoms with Crippen LogP contribution in [-0.4, -0.2) is 38.8 Å². The van der Waals surface area contributed by atoms with Gasteiger partial charge in [-0.25, -0.2) is 9.59 Å². The van der Waals surface area contributed by atoms with Crippen LogP contribution in [0.15, 0.2) is 57.5 Å². The maximum atomic E-state index is 12.5. The Labute approximate surface area is 157 Å². The second-order valence-corrected chi connectivity index (χ2v) is 5.88. The molecule has 1 atom stereocenters. The van der Waals surface area contributed by atoms with Crippen molar-refractivity contribution < 1.29 is 19.5 Å². The van der Waals surface area contributed by atoms with Crippen LogP contribution in [0.3, 0.4) is 0 Å². The molecule has 0 aliphatic heterocycles. The number of carboxylic acids is 1. The van der Waals surface area contributed by atoms with Crippen molar-refractivity contribution in [1.82, 2.24) is 9.97 Å². The number of ketones is 1. The number of rotatable bonds is 6. The number of carbonyl (C=O) groups is 3. The lowest BCUT2D eigenvalue weighted by atomic mass is 10.2. The van der Waals surface area contributed by atoms with Gasteiger partial charge in [-0.1, -0.05) is 12.1 Å². The van der Waals surface area contributed by atoms with Gasteiger partial charge in [0.15, 0.2) is 5.78 Å². The molecule has 4 N–H and O–H groups in total. The molecule has 0 spiro atoms. The molecule has 10 heteroatoms. The van der Waals surface area contributed by atoms with Gasteiger partial charge in [0.05, 0.1) is 22.3 Å². The van der Waals surface area contributed by atoms with E-state index in [9.17, 15) is 19.2 Å². The van der Waals surface area contributed by atoms with Crippen LogP contribution in [0.1, 0.15) is 17.3 Å².